The Balaban J connectivity index is 0.000000214. The van der Waals surface area contributed by atoms with Gasteiger partial charge in [-0.1, -0.05) is 63.6 Å². The lowest BCUT2D eigenvalue weighted by atomic mass is 9.80. The fraction of sp³-hybridized carbons (Fsp3) is 0.677. The Hall–Kier alpha value is -4.64. The van der Waals surface area contributed by atoms with Crippen LogP contribution in [0.2, 0.25) is 0 Å². The Morgan fingerprint density at radius 1 is 0.616 bits per heavy atom. The molecule has 8 rings (SSSR count). The van der Waals surface area contributed by atoms with Gasteiger partial charge in [0.25, 0.3) is 0 Å². The number of fused-ring (bicyclic) bond motifs is 4. The number of hydrogen-bond donors (Lipinski definition) is 1. The molecule has 2 atom stereocenters. The van der Waals surface area contributed by atoms with Crippen molar-refractivity contribution < 1.29 is 33.8 Å². The van der Waals surface area contributed by atoms with Gasteiger partial charge in [0.15, 0.2) is 0 Å². The van der Waals surface area contributed by atoms with Gasteiger partial charge in [-0.2, -0.15) is 0 Å². The molecule has 2 saturated carbocycles. The van der Waals surface area contributed by atoms with Crippen molar-refractivity contribution in [1.82, 2.24) is 19.6 Å². The lowest BCUT2D eigenvalue weighted by Gasteiger charge is -2.41. The van der Waals surface area contributed by atoms with E-state index in [9.17, 15) is 24.3 Å². The third-order valence-corrected chi connectivity index (χ3v) is 16.4. The van der Waals surface area contributed by atoms with Gasteiger partial charge < -0.3 is 34.2 Å². The summed E-state index contributed by atoms with van der Waals surface area (Å²) in [4.78, 5) is 60.3. The quantitative estimate of drug-likeness (QED) is 0.238. The van der Waals surface area contributed by atoms with Crippen molar-refractivity contribution in [2.24, 2.45) is 35.5 Å². The molecule has 4 amide bonds. The van der Waals surface area contributed by atoms with Crippen LogP contribution in [0, 0.1) is 42.4 Å². The van der Waals surface area contributed by atoms with Crippen LogP contribution in [0.5, 0.6) is 0 Å². The minimum atomic E-state index is -0.493. The Labute approximate surface area is 439 Å². The van der Waals surface area contributed by atoms with Crippen LogP contribution >= 0.6 is 0 Å². The molecule has 73 heavy (non-hydrogen) atoms. The molecule has 6 aliphatic rings. The normalized spacial score (nSPS) is 23.8. The van der Waals surface area contributed by atoms with Crippen molar-refractivity contribution in [2.75, 3.05) is 40.3 Å². The van der Waals surface area contributed by atoms with Crippen LogP contribution in [0.4, 0.5) is 9.59 Å². The minimum absolute atomic E-state index is 0.0617. The number of ether oxygens (including phenoxy) is 2. The topological polar surface area (TPSA) is 120 Å². The summed E-state index contributed by atoms with van der Waals surface area (Å²) in [7, 11) is 3.63. The highest BCUT2D eigenvalue weighted by atomic mass is 16.6. The van der Waals surface area contributed by atoms with Gasteiger partial charge in [0.2, 0.25) is 11.8 Å². The second-order valence-electron chi connectivity index (χ2n) is 25.7. The molecule has 0 aromatic heterocycles. The fourth-order valence-electron chi connectivity index (χ4n) is 12.9. The van der Waals surface area contributed by atoms with Gasteiger partial charge in [-0.3, -0.25) is 9.59 Å². The molecule has 0 bridgehead atoms. The molecule has 1 N–H and O–H groups in total. The summed E-state index contributed by atoms with van der Waals surface area (Å²) in [6.07, 6.45) is 12.8. The van der Waals surface area contributed by atoms with Crippen molar-refractivity contribution in [2.45, 2.75) is 196 Å². The van der Waals surface area contributed by atoms with Gasteiger partial charge >= 0.3 is 12.2 Å². The molecule has 402 valence electrons. The third kappa shape index (κ3) is 14.0. The highest BCUT2D eigenvalue weighted by Gasteiger charge is 2.42. The number of hydrogen-bond acceptors (Lipinski definition) is 7. The highest BCUT2D eigenvalue weighted by molar-refractivity contribution is 5.86. The summed E-state index contributed by atoms with van der Waals surface area (Å²) in [6, 6.07) is 13.6. The van der Waals surface area contributed by atoms with Gasteiger partial charge in [0, 0.05) is 52.1 Å². The van der Waals surface area contributed by atoms with E-state index >= 15 is 0 Å². The van der Waals surface area contributed by atoms with Crippen LogP contribution < -0.4 is 0 Å². The molecule has 2 unspecified atom stereocenters. The summed E-state index contributed by atoms with van der Waals surface area (Å²) in [5.41, 5.74) is 12.6. The summed E-state index contributed by atoms with van der Waals surface area (Å²) in [5.74, 6) is 2.75. The number of aryl methyl sites for hydroxylation is 1. The van der Waals surface area contributed by atoms with E-state index in [2.05, 4.69) is 74.8 Å². The van der Waals surface area contributed by atoms with Crippen LogP contribution in [0.15, 0.2) is 47.5 Å². The van der Waals surface area contributed by atoms with Crippen LogP contribution in [-0.2, 0) is 38.5 Å². The summed E-state index contributed by atoms with van der Waals surface area (Å²) < 4.78 is 11.0. The van der Waals surface area contributed by atoms with Gasteiger partial charge in [0.05, 0.1) is 18.7 Å². The SMILES string of the molecule is CC(C)CC1C2=C(CCN1C(=O)C1CCC(CN(C)C(=O)OC(C)(C)C)CC1)c1cc(CO)ccc1C2.Cc1ccc2c(c1)CC1=C2CCN(C(=O)C2CCC(CN(C)C(=O)OC(C)(C)C)CC2)C1CC(C)C. The van der Waals surface area contributed by atoms with Gasteiger partial charge in [-0.15, -0.1) is 0 Å². The van der Waals surface area contributed by atoms with Crippen molar-refractivity contribution in [3.63, 3.8) is 0 Å². The van der Waals surface area contributed by atoms with Crippen LogP contribution in [0.3, 0.4) is 0 Å². The average Bonchev–Trinajstić information content (AvgIpc) is 3.88. The molecule has 2 fully saturated rings. The molecular formula is C62H92N4O7. The first-order valence-electron chi connectivity index (χ1n) is 28.1. The van der Waals surface area contributed by atoms with Crippen molar-refractivity contribution in [1.29, 1.82) is 0 Å². The Morgan fingerprint density at radius 2 is 1.05 bits per heavy atom. The zero-order valence-electron chi connectivity index (χ0n) is 47.2. The van der Waals surface area contributed by atoms with Crippen molar-refractivity contribution >= 4 is 35.1 Å². The predicted molar refractivity (Wildman–Crippen MR) is 293 cm³/mol. The molecule has 0 saturated heterocycles. The number of aliphatic hydroxyl groups excluding tert-OH is 1. The molecule has 0 spiro atoms. The largest absolute Gasteiger partial charge is 0.444 e. The van der Waals surface area contributed by atoms with Crippen LogP contribution in [-0.4, -0.2) is 112 Å². The zero-order chi connectivity index (χ0) is 53.1. The Kier molecular flexibility index (Phi) is 18.1. The predicted octanol–water partition coefficient (Wildman–Crippen LogP) is 12.4. The van der Waals surface area contributed by atoms with E-state index in [4.69, 9.17) is 9.47 Å². The first-order chi connectivity index (χ1) is 34.4. The molecule has 2 aromatic carbocycles. The molecule has 4 aliphatic carbocycles. The molecule has 2 heterocycles. The zero-order valence-corrected chi connectivity index (χ0v) is 47.2. The maximum Gasteiger partial charge on any atom is 0.410 e. The highest BCUT2D eigenvalue weighted by Crippen LogP contribution is 2.46. The number of carbonyl (C=O) groups is 4. The van der Waals surface area contributed by atoms with E-state index in [1.807, 2.05) is 61.7 Å². The first kappa shape index (κ1) is 56.1. The van der Waals surface area contributed by atoms with E-state index in [0.29, 0.717) is 48.6 Å². The number of rotatable bonds is 11. The van der Waals surface area contributed by atoms with E-state index < -0.39 is 11.2 Å². The molecule has 0 radical (unpaired) electrons. The fourth-order valence-corrected chi connectivity index (χ4v) is 12.9. The van der Waals surface area contributed by atoms with Gasteiger partial charge in [-0.05, 0) is 218 Å². The van der Waals surface area contributed by atoms with Crippen molar-refractivity contribution in [3.05, 3.63) is 80.9 Å². The number of amides is 4. The first-order valence-corrected chi connectivity index (χ1v) is 28.1. The summed E-state index contributed by atoms with van der Waals surface area (Å²) >= 11 is 0. The lowest BCUT2D eigenvalue weighted by Crippen LogP contribution is -2.48. The number of nitrogens with zero attached hydrogens (tertiary/aromatic N) is 4. The molecule has 2 aliphatic heterocycles. The number of benzene rings is 2. The molecule has 11 heteroatoms. The smallest absolute Gasteiger partial charge is 0.410 e. The van der Waals surface area contributed by atoms with Gasteiger partial charge in [0.1, 0.15) is 11.2 Å². The standard InChI is InChI=1S/C31H46N2O4.C31H46N2O3/c1-20(2)15-28-27-17-24-12-9-22(19-34)16-26(24)25(27)13-14-33(28)29(35)23-10-7-21(8-11-23)18-32(6)30(36)37-31(3,4)5;1-20(2)16-28-27-18-24-17-21(3)8-13-25(24)26(27)14-15-33(28)29(34)23-11-9-22(10-12-23)19-32(7)30(35)36-31(4,5)6/h9,12,16,20-21,23,28,34H,7-8,10-11,13-15,17-19H2,1-6H3;8,13,17,20,22-23,28H,9-12,14-16,18-19H2,1-7H3. The molecular weight excluding hydrogens is 913 g/mol. The van der Waals surface area contributed by atoms with E-state index in [0.717, 1.165) is 109 Å². The summed E-state index contributed by atoms with van der Waals surface area (Å²) in [6.45, 7) is 25.6. The lowest BCUT2D eigenvalue weighted by molar-refractivity contribution is -0.139. The van der Waals surface area contributed by atoms with Crippen molar-refractivity contribution in [3.8, 4) is 0 Å². The van der Waals surface area contributed by atoms with Crippen LogP contribution in [0.1, 0.15) is 180 Å². The second kappa shape index (κ2) is 23.5. The number of aliphatic hydroxyl groups is 1. The molecule has 2 aromatic rings. The van der Waals surface area contributed by atoms with E-state index in [1.165, 1.54) is 50.1 Å². The van der Waals surface area contributed by atoms with E-state index in [-0.39, 0.29) is 42.7 Å². The summed E-state index contributed by atoms with van der Waals surface area (Å²) in [5, 5.41) is 9.64. The van der Waals surface area contributed by atoms with Gasteiger partial charge in [-0.25, -0.2) is 9.59 Å². The van der Waals surface area contributed by atoms with Crippen LogP contribution in [0.25, 0.3) is 11.1 Å². The monoisotopic (exact) mass is 1000 g/mol. The maximum absolute atomic E-state index is 13.9. The minimum Gasteiger partial charge on any atom is -0.444 e. The maximum atomic E-state index is 13.9. The Morgan fingerprint density at radius 3 is 1.48 bits per heavy atom. The second-order valence-corrected chi connectivity index (χ2v) is 25.7. The average molecular weight is 1010 g/mol. The third-order valence-electron chi connectivity index (χ3n) is 16.4. The number of carbonyl (C=O) groups excluding carboxylic acids is 4. The Bertz CT molecular complexity index is 2370. The van der Waals surface area contributed by atoms with E-state index in [1.54, 1.807) is 9.80 Å². The molecule has 11 nitrogen and oxygen atoms in total.